The average Bonchev–Trinajstić information content (AvgIpc) is 2.92. The second-order valence-corrected chi connectivity index (χ2v) is 5.65. The molecule has 1 aromatic carbocycles. The molecule has 22 heavy (non-hydrogen) atoms. The SMILES string of the molecule is CC(C)C[C@H](NCc1ccc(-c2ccccc2F)o1)C(=O)O. The Bertz CT molecular complexity index is 636. The molecule has 0 aliphatic carbocycles. The molecule has 0 amide bonds. The van der Waals surface area contributed by atoms with Crippen LogP contribution in [-0.2, 0) is 11.3 Å². The lowest BCUT2D eigenvalue weighted by molar-refractivity contribution is -0.140. The summed E-state index contributed by atoms with van der Waals surface area (Å²) in [6.45, 7) is 4.24. The van der Waals surface area contributed by atoms with E-state index in [1.807, 2.05) is 13.8 Å². The van der Waals surface area contributed by atoms with Crippen LogP contribution in [0.15, 0.2) is 40.8 Å². The van der Waals surface area contributed by atoms with E-state index in [9.17, 15) is 14.3 Å². The minimum Gasteiger partial charge on any atom is -0.480 e. The predicted molar refractivity (Wildman–Crippen MR) is 81.8 cm³/mol. The molecule has 1 aromatic heterocycles. The number of carbonyl (C=O) groups is 1. The van der Waals surface area contributed by atoms with Crippen molar-refractivity contribution in [2.45, 2.75) is 32.9 Å². The molecule has 0 spiro atoms. The lowest BCUT2D eigenvalue weighted by Crippen LogP contribution is -2.37. The van der Waals surface area contributed by atoms with E-state index in [0.29, 0.717) is 23.5 Å². The molecule has 2 rings (SSSR count). The summed E-state index contributed by atoms with van der Waals surface area (Å²) in [5, 5.41) is 12.1. The minimum absolute atomic E-state index is 0.277. The van der Waals surface area contributed by atoms with Gasteiger partial charge in [-0.15, -0.1) is 0 Å². The molecule has 0 bridgehead atoms. The maximum Gasteiger partial charge on any atom is 0.320 e. The smallest absolute Gasteiger partial charge is 0.320 e. The van der Waals surface area contributed by atoms with Gasteiger partial charge >= 0.3 is 5.97 Å². The first-order valence-corrected chi connectivity index (χ1v) is 7.27. The number of hydrogen-bond acceptors (Lipinski definition) is 3. The summed E-state index contributed by atoms with van der Waals surface area (Å²) < 4.78 is 19.3. The summed E-state index contributed by atoms with van der Waals surface area (Å²) in [5.41, 5.74) is 0.394. The van der Waals surface area contributed by atoms with E-state index in [2.05, 4.69) is 5.32 Å². The van der Waals surface area contributed by atoms with Crippen LogP contribution in [0.3, 0.4) is 0 Å². The van der Waals surface area contributed by atoms with Gasteiger partial charge in [0.15, 0.2) is 0 Å². The van der Waals surface area contributed by atoms with Gasteiger partial charge in [-0.3, -0.25) is 10.1 Å². The summed E-state index contributed by atoms with van der Waals surface area (Å²) in [7, 11) is 0. The topological polar surface area (TPSA) is 62.5 Å². The first-order chi connectivity index (χ1) is 10.5. The summed E-state index contributed by atoms with van der Waals surface area (Å²) >= 11 is 0. The fraction of sp³-hybridized carbons (Fsp3) is 0.353. The molecule has 0 saturated heterocycles. The Morgan fingerprint density at radius 1 is 1.27 bits per heavy atom. The molecule has 2 N–H and O–H groups in total. The second kappa shape index (κ2) is 7.22. The lowest BCUT2D eigenvalue weighted by Gasteiger charge is -2.15. The number of aliphatic carboxylic acids is 1. The van der Waals surface area contributed by atoms with Crippen LogP contribution in [0.2, 0.25) is 0 Å². The number of nitrogens with one attached hydrogen (secondary N) is 1. The lowest BCUT2D eigenvalue weighted by atomic mass is 10.0. The van der Waals surface area contributed by atoms with Gasteiger partial charge in [0.2, 0.25) is 0 Å². The van der Waals surface area contributed by atoms with E-state index in [1.165, 1.54) is 6.07 Å². The molecule has 0 fully saturated rings. The van der Waals surface area contributed by atoms with Crippen molar-refractivity contribution >= 4 is 5.97 Å². The standard InChI is InChI=1S/C17H20FNO3/c1-11(2)9-15(17(20)21)19-10-12-7-8-16(22-12)13-5-3-4-6-14(13)18/h3-8,11,15,19H,9-10H2,1-2H3,(H,20,21)/t15-/m0/s1. The number of carboxylic acids is 1. The van der Waals surface area contributed by atoms with Crippen LogP contribution >= 0.6 is 0 Å². The third-order valence-corrected chi connectivity index (χ3v) is 3.33. The zero-order valence-corrected chi connectivity index (χ0v) is 12.7. The second-order valence-electron chi connectivity index (χ2n) is 5.65. The van der Waals surface area contributed by atoms with Gasteiger partial charge in [0.05, 0.1) is 12.1 Å². The van der Waals surface area contributed by atoms with Crippen LogP contribution in [0.25, 0.3) is 11.3 Å². The molecular weight excluding hydrogens is 285 g/mol. The van der Waals surface area contributed by atoms with Crippen LogP contribution < -0.4 is 5.32 Å². The van der Waals surface area contributed by atoms with Crippen molar-refractivity contribution in [1.29, 1.82) is 0 Å². The first kappa shape index (κ1) is 16.2. The van der Waals surface area contributed by atoms with Crippen molar-refractivity contribution in [3.63, 3.8) is 0 Å². The fourth-order valence-corrected chi connectivity index (χ4v) is 2.25. The number of hydrogen-bond donors (Lipinski definition) is 2. The van der Waals surface area contributed by atoms with Crippen molar-refractivity contribution < 1.29 is 18.7 Å². The van der Waals surface area contributed by atoms with E-state index >= 15 is 0 Å². The van der Waals surface area contributed by atoms with Gasteiger partial charge in [0, 0.05) is 0 Å². The zero-order chi connectivity index (χ0) is 16.1. The molecule has 0 radical (unpaired) electrons. The zero-order valence-electron chi connectivity index (χ0n) is 12.7. The van der Waals surface area contributed by atoms with Crippen molar-refractivity contribution in [2.75, 3.05) is 0 Å². The summed E-state index contributed by atoms with van der Waals surface area (Å²) in [4.78, 5) is 11.2. The molecule has 1 atom stereocenters. The molecule has 4 nitrogen and oxygen atoms in total. The molecule has 0 unspecified atom stereocenters. The van der Waals surface area contributed by atoms with Crippen LogP contribution in [0.4, 0.5) is 4.39 Å². The maximum atomic E-state index is 13.7. The van der Waals surface area contributed by atoms with Crippen LogP contribution in [0.1, 0.15) is 26.0 Å². The van der Waals surface area contributed by atoms with E-state index in [-0.39, 0.29) is 18.3 Å². The molecule has 1 heterocycles. The highest BCUT2D eigenvalue weighted by molar-refractivity contribution is 5.73. The Labute approximate surface area is 129 Å². The van der Waals surface area contributed by atoms with Gasteiger partial charge in [-0.2, -0.15) is 0 Å². The maximum absolute atomic E-state index is 13.7. The highest BCUT2D eigenvalue weighted by Gasteiger charge is 2.19. The highest BCUT2D eigenvalue weighted by Crippen LogP contribution is 2.24. The van der Waals surface area contributed by atoms with Gasteiger partial charge in [-0.05, 0) is 36.6 Å². The van der Waals surface area contributed by atoms with Crippen LogP contribution in [0, 0.1) is 11.7 Å². The van der Waals surface area contributed by atoms with E-state index < -0.39 is 12.0 Å². The number of benzene rings is 1. The normalized spacial score (nSPS) is 12.5. The molecule has 118 valence electrons. The van der Waals surface area contributed by atoms with E-state index in [0.717, 1.165) is 0 Å². The Balaban J connectivity index is 2.03. The van der Waals surface area contributed by atoms with Gasteiger partial charge in [-0.1, -0.05) is 26.0 Å². The first-order valence-electron chi connectivity index (χ1n) is 7.27. The number of furan rings is 1. The number of rotatable bonds is 7. The highest BCUT2D eigenvalue weighted by atomic mass is 19.1. The number of carboxylic acid groups (broad SMARTS) is 1. The third-order valence-electron chi connectivity index (χ3n) is 3.33. The van der Waals surface area contributed by atoms with Gasteiger partial charge < -0.3 is 9.52 Å². The largest absolute Gasteiger partial charge is 0.480 e. The molecule has 5 heteroatoms. The Morgan fingerprint density at radius 3 is 2.64 bits per heavy atom. The van der Waals surface area contributed by atoms with Crippen molar-refractivity contribution in [2.24, 2.45) is 5.92 Å². The summed E-state index contributed by atoms with van der Waals surface area (Å²) in [5.74, 6) is 0.0623. The molecule has 0 saturated carbocycles. The molecular formula is C17H20FNO3. The van der Waals surface area contributed by atoms with Gasteiger partial charge in [0.1, 0.15) is 23.4 Å². The van der Waals surface area contributed by atoms with Crippen molar-refractivity contribution in [1.82, 2.24) is 5.32 Å². The Hall–Kier alpha value is -2.14. The average molecular weight is 305 g/mol. The molecule has 0 aliphatic rings. The monoisotopic (exact) mass is 305 g/mol. The van der Waals surface area contributed by atoms with Crippen molar-refractivity contribution in [3.8, 4) is 11.3 Å². The number of halogens is 1. The Morgan fingerprint density at radius 2 is 2.00 bits per heavy atom. The molecule has 2 aromatic rings. The third kappa shape index (κ3) is 4.18. The van der Waals surface area contributed by atoms with Gasteiger partial charge in [0.25, 0.3) is 0 Å². The Kier molecular flexibility index (Phi) is 5.33. The van der Waals surface area contributed by atoms with Crippen LogP contribution in [0.5, 0.6) is 0 Å². The van der Waals surface area contributed by atoms with Gasteiger partial charge in [-0.25, -0.2) is 4.39 Å². The summed E-state index contributed by atoms with van der Waals surface area (Å²) in [6, 6.07) is 9.16. The van der Waals surface area contributed by atoms with E-state index in [4.69, 9.17) is 4.42 Å². The van der Waals surface area contributed by atoms with Crippen LogP contribution in [-0.4, -0.2) is 17.1 Å². The summed E-state index contributed by atoms with van der Waals surface area (Å²) in [6.07, 6.45) is 0.538. The van der Waals surface area contributed by atoms with Crippen molar-refractivity contribution in [3.05, 3.63) is 48.0 Å². The quantitative estimate of drug-likeness (QED) is 0.819. The fourth-order valence-electron chi connectivity index (χ4n) is 2.25. The minimum atomic E-state index is -0.880. The predicted octanol–water partition coefficient (Wildman–Crippen LogP) is 3.67. The molecule has 0 aliphatic heterocycles. The van der Waals surface area contributed by atoms with E-state index in [1.54, 1.807) is 30.3 Å².